The van der Waals surface area contributed by atoms with Crippen LogP contribution in [-0.2, 0) is 10.2 Å². The molecule has 1 aromatic rings. The number of benzene rings is 1. The van der Waals surface area contributed by atoms with Gasteiger partial charge < -0.3 is 10.6 Å². The Balaban J connectivity index is 0.00000108. The molecule has 1 amide bonds. The third-order valence-corrected chi connectivity index (χ3v) is 3.44. The van der Waals surface area contributed by atoms with Crippen molar-refractivity contribution in [3.8, 4) is 0 Å². The molecule has 0 bridgehead atoms. The Hall–Kier alpha value is -1.32. The lowest BCUT2D eigenvalue weighted by atomic mass is 9.78. The Morgan fingerprint density at radius 3 is 2.88 bits per heavy atom. The molecule has 0 saturated carbocycles. The fraction of sp³-hybridized carbons (Fsp3) is 0.308. The molecule has 0 radical (unpaired) electrons. The smallest absolute Gasteiger partial charge is 0.240 e. The quantitative estimate of drug-likeness (QED) is 0.689. The molecule has 0 aliphatic carbocycles. The van der Waals surface area contributed by atoms with Gasteiger partial charge in [-0.1, -0.05) is 24.3 Å². The Labute approximate surface area is 107 Å². The third kappa shape index (κ3) is 1.58. The van der Waals surface area contributed by atoms with Crippen LogP contribution in [-0.4, -0.2) is 19.0 Å². The zero-order valence-corrected chi connectivity index (χ0v) is 10.4. The molecule has 17 heavy (non-hydrogen) atoms. The molecule has 2 heterocycles. The second-order valence-electron chi connectivity index (χ2n) is 4.46. The molecule has 0 fully saturated rings. The van der Waals surface area contributed by atoms with E-state index in [2.05, 4.69) is 23.6 Å². The number of amides is 1. The fourth-order valence-corrected chi connectivity index (χ4v) is 2.71. The van der Waals surface area contributed by atoms with E-state index in [1.54, 1.807) is 0 Å². The second-order valence-corrected chi connectivity index (χ2v) is 4.46. The highest BCUT2D eigenvalue weighted by Crippen LogP contribution is 2.41. The molecular weight excluding hydrogens is 236 g/mol. The van der Waals surface area contributed by atoms with Crippen LogP contribution in [0.2, 0.25) is 0 Å². The van der Waals surface area contributed by atoms with Crippen molar-refractivity contribution in [1.82, 2.24) is 5.32 Å². The third-order valence-electron chi connectivity index (χ3n) is 3.44. The van der Waals surface area contributed by atoms with E-state index < -0.39 is 5.41 Å². The summed E-state index contributed by atoms with van der Waals surface area (Å²) in [5, 5.41) is 6.24. The van der Waals surface area contributed by atoms with E-state index >= 15 is 0 Å². The maximum Gasteiger partial charge on any atom is 0.240 e. The van der Waals surface area contributed by atoms with Crippen molar-refractivity contribution >= 4 is 24.0 Å². The largest absolute Gasteiger partial charge is 0.325 e. The van der Waals surface area contributed by atoms with Crippen molar-refractivity contribution in [3.63, 3.8) is 0 Å². The van der Waals surface area contributed by atoms with Gasteiger partial charge in [-0.15, -0.1) is 12.4 Å². The van der Waals surface area contributed by atoms with Gasteiger partial charge in [0.05, 0.1) is 0 Å². The minimum absolute atomic E-state index is 0. The van der Waals surface area contributed by atoms with Crippen LogP contribution in [0.3, 0.4) is 0 Å². The molecule has 90 valence electrons. The summed E-state index contributed by atoms with van der Waals surface area (Å²) in [5.41, 5.74) is 2.77. The van der Waals surface area contributed by atoms with Gasteiger partial charge in [0.2, 0.25) is 5.91 Å². The highest BCUT2D eigenvalue weighted by Gasteiger charge is 2.46. The van der Waals surface area contributed by atoms with Crippen LogP contribution in [0.4, 0.5) is 5.69 Å². The van der Waals surface area contributed by atoms with Crippen molar-refractivity contribution in [2.45, 2.75) is 12.3 Å². The minimum Gasteiger partial charge on any atom is -0.325 e. The Morgan fingerprint density at radius 2 is 2.18 bits per heavy atom. The molecule has 2 aliphatic heterocycles. The van der Waals surface area contributed by atoms with Gasteiger partial charge in [0, 0.05) is 18.8 Å². The molecule has 4 heteroatoms. The molecule has 2 N–H and O–H groups in total. The van der Waals surface area contributed by atoms with Gasteiger partial charge >= 0.3 is 0 Å². The lowest BCUT2D eigenvalue weighted by Crippen LogP contribution is -2.45. The molecule has 0 saturated heterocycles. The van der Waals surface area contributed by atoms with Crippen LogP contribution in [0, 0.1) is 6.92 Å². The number of anilines is 1. The van der Waals surface area contributed by atoms with Gasteiger partial charge in [-0.05, 0) is 24.1 Å². The monoisotopic (exact) mass is 250 g/mol. The van der Waals surface area contributed by atoms with Crippen LogP contribution in [0.25, 0.3) is 0 Å². The number of halogens is 1. The maximum atomic E-state index is 12.2. The van der Waals surface area contributed by atoms with Crippen molar-refractivity contribution in [1.29, 1.82) is 0 Å². The van der Waals surface area contributed by atoms with E-state index in [4.69, 9.17) is 0 Å². The average Bonchev–Trinajstić information content (AvgIpc) is 2.55. The second kappa shape index (κ2) is 4.17. The summed E-state index contributed by atoms with van der Waals surface area (Å²) in [6.07, 6.45) is 4.07. The maximum absolute atomic E-state index is 12.2. The summed E-state index contributed by atoms with van der Waals surface area (Å²) in [4.78, 5) is 12.2. The summed E-state index contributed by atoms with van der Waals surface area (Å²) in [7, 11) is 0. The lowest BCUT2D eigenvalue weighted by molar-refractivity contribution is -0.119. The SMILES string of the molecule is Cc1cccc2c1[C@]1(C=CCNC1)C(=O)N2.Cl. The number of fused-ring (bicyclic) bond motifs is 2. The summed E-state index contributed by atoms with van der Waals surface area (Å²) >= 11 is 0. The highest BCUT2D eigenvalue weighted by molar-refractivity contribution is 6.08. The number of carbonyl (C=O) groups is 1. The first kappa shape index (κ1) is 12.1. The molecule has 1 aromatic carbocycles. The van der Waals surface area contributed by atoms with Crippen LogP contribution in [0.5, 0.6) is 0 Å². The predicted molar refractivity (Wildman–Crippen MR) is 70.7 cm³/mol. The highest BCUT2D eigenvalue weighted by atomic mass is 35.5. The molecule has 3 rings (SSSR count). The topological polar surface area (TPSA) is 41.1 Å². The number of hydrogen-bond acceptors (Lipinski definition) is 2. The molecule has 1 spiro atoms. The fourth-order valence-electron chi connectivity index (χ4n) is 2.71. The first-order valence-corrected chi connectivity index (χ1v) is 5.54. The van der Waals surface area contributed by atoms with Crippen molar-refractivity contribution in [3.05, 3.63) is 41.5 Å². The van der Waals surface area contributed by atoms with E-state index in [-0.39, 0.29) is 18.3 Å². The first-order chi connectivity index (χ1) is 7.74. The van der Waals surface area contributed by atoms with Crippen LogP contribution < -0.4 is 10.6 Å². The van der Waals surface area contributed by atoms with E-state index in [0.717, 1.165) is 17.8 Å². The van der Waals surface area contributed by atoms with Gasteiger partial charge in [0.25, 0.3) is 0 Å². The van der Waals surface area contributed by atoms with Crippen LogP contribution in [0.15, 0.2) is 30.4 Å². The number of rotatable bonds is 0. The summed E-state index contributed by atoms with van der Waals surface area (Å²) in [6, 6.07) is 6.01. The molecule has 3 nitrogen and oxygen atoms in total. The van der Waals surface area contributed by atoms with Crippen LogP contribution in [0.1, 0.15) is 11.1 Å². The van der Waals surface area contributed by atoms with Crippen molar-refractivity contribution in [2.24, 2.45) is 0 Å². The summed E-state index contributed by atoms with van der Waals surface area (Å²) in [5.74, 6) is 0.0836. The standard InChI is InChI=1S/C13H14N2O.ClH/c1-9-4-2-5-10-11(9)13(12(16)15-10)6-3-7-14-8-13;/h2-6,14H,7-8H2,1H3,(H,15,16);1H/t13-;/m1./s1. The normalized spacial score (nSPS) is 25.4. The summed E-state index contributed by atoms with van der Waals surface area (Å²) in [6.45, 7) is 3.59. The molecule has 2 aliphatic rings. The van der Waals surface area contributed by atoms with Crippen molar-refractivity contribution < 1.29 is 4.79 Å². The van der Waals surface area contributed by atoms with Crippen molar-refractivity contribution in [2.75, 3.05) is 18.4 Å². The van der Waals surface area contributed by atoms with Gasteiger partial charge in [0.1, 0.15) is 5.41 Å². The van der Waals surface area contributed by atoms with E-state index in [9.17, 15) is 4.79 Å². The number of nitrogens with one attached hydrogen (secondary N) is 2. The van der Waals surface area contributed by atoms with E-state index in [1.807, 2.05) is 24.3 Å². The predicted octanol–water partition coefficient (Wildman–Crippen LogP) is 1.77. The zero-order chi connectivity index (χ0) is 11.2. The van der Waals surface area contributed by atoms with Gasteiger partial charge in [0.15, 0.2) is 0 Å². The van der Waals surface area contributed by atoms with Gasteiger partial charge in [-0.25, -0.2) is 0 Å². The van der Waals surface area contributed by atoms with E-state index in [0.29, 0.717) is 6.54 Å². The van der Waals surface area contributed by atoms with Gasteiger partial charge in [-0.3, -0.25) is 4.79 Å². The lowest BCUT2D eigenvalue weighted by Gasteiger charge is -2.28. The zero-order valence-electron chi connectivity index (χ0n) is 9.62. The van der Waals surface area contributed by atoms with Gasteiger partial charge in [-0.2, -0.15) is 0 Å². The summed E-state index contributed by atoms with van der Waals surface area (Å²) < 4.78 is 0. The Morgan fingerprint density at radius 1 is 1.35 bits per heavy atom. The number of hydrogen-bond donors (Lipinski definition) is 2. The van der Waals surface area contributed by atoms with E-state index in [1.165, 1.54) is 5.56 Å². The molecule has 1 atom stereocenters. The molecule has 0 unspecified atom stereocenters. The Kier molecular flexibility index (Phi) is 2.98. The number of carbonyl (C=O) groups excluding carboxylic acids is 1. The number of aryl methyl sites for hydroxylation is 1. The first-order valence-electron chi connectivity index (χ1n) is 5.54. The minimum atomic E-state index is -0.487. The Bertz CT molecular complexity index is 498. The molecular formula is C13H15ClN2O. The van der Waals surface area contributed by atoms with Crippen LogP contribution >= 0.6 is 12.4 Å². The average molecular weight is 251 g/mol. The molecule has 0 aromatic heterocycles.